The molecular weight excluding hydrogens is 330 g/mol. The number of aliphatic carboxylic acids is 1. The van der Waals surface area contributed by atoms with Crippen LogP contribution >= 0.6 is 11.6 Å². The third-order valence-electron chi connectivity index (χ3n) is 3.54. The molecule has 22 heavy (non-hydrogen) atoms. The Morgan fingerprint density at radius 1 is 1.23 bits per heavy atom. The van der Waals surface area contributed by atoms with E-state index in [2.05, 4.69) is 0 Å². The molecule has 0 aliphatic carbocycles. The van der Waals surface area contributed by atoms with E-state index in [-0.39, 0.29) is 6.04 Å². The number of hydrogen-bond donors (Lipinski definition) is 1. The van der Waals surface area contributed by atoms with Crippen LogP contribution in [-0.2, 0) is 19.4 Å². The van der Waals surface area contributed by atoms with Crippen LogP contribution in [0.5, 0.6) is 0 Å². The molecule has 0 fully saturated rings. The van der Waals surface area contributed by atoms with E-state index >= 15 is 0 Å². The molecule has 8 heteroatoms. The first-order valence-corrected chi connectivity index (χ1v) is 8.61. The van der Waals surface area contributed by atoms with Gasteiger partial charge in [-0.15, -0.1) is 0 Å². The van der Waals surface area contributed by atoms with Crippen molar-refractivity contribution in [3.8, 4) is 0 Å². The molecule has 1 N–H and O–H groups in total. The highest BCUT2D eigenvalue weighted by Gasteiger charge is 2.32. The average Bonchev–Trinajstić information content (AvgIpc) is 2.45. The Balaban J connectivity index is 2.85. The Hall–Kier alpha value is -1.60. The zero-order chi connectivity index (χ0) is 17.1. The lowest BCUT2D eigenvalue weighted by atomic mass is 10.1. The number of carbonyl (C=O) groups is 2. The topological polar surface area (TPSA) is 91.8 Å². The number of benzene rings is 1. The van der Waals surface area contributed by atoms with E-state index in [9.17, 15) is 18.0 Å². The molecule has 0 aliphatic heterocycles. The molecule has 0 radical (unpaired) electrons. The Labute approximate surface area is 134 Å². The Morgan fingerprint density at radius 3 is 2.18 bits per heavy atom. The molecule has 2 atom stereocenters. The maximum atomic E-state index is 12.1. The number of carboxylic acid groups (broad SMARTS) is 1. The summed E-state index contributed by atoms with van der Waals surface area (Å²) in [6, 6.07) is 6.47. The van der Waals surface area contributed by atoms with Crippen LogP contribution in [0.15, 0.2) is 24.3 Å². The molecule has 0 aromatic heterocycles. The number of carbonyl (C=O) groups excluding carboxylic acids is 1. The molecule has 1 aromatic carbocycles. The molecule has 0 spiro atoms. The van der Waals surface area contributed by atoms with Crippen LogP contribution in [0.2, 0.25) is 5.02 Å². The molecule has 1 amide bonds. The lowest BCUT2D eigenvalue weighted by molar-refractivity contribution is -0.136. The second kappa shape index (κ2) is 7.11. The molecule has 0 unspecified atom stereocenters. The highest BCUT2D eigenvalue weighted by Crippen LogP contribution is 2.21. The summed E-state index contributed by atoms with van der Waals surface area (Å²) in [5.41, 5.74) is 0.795. The molecule has 0 saturated heterocycles. The van der Waals surface area contributed by atoms with Gasteiger partial charge in [-0.2, -0.15) is 0 Å². The van der Waals surface area contributed by atoms with Gasteiger partial charge in [-0.25, -0.2) is 8.42 Å². The second-order valence-electron chi connectivity index (χ2n) is 5.02. The fourth-order valence-electron chi connectivity index (χ4n) is 1.73. The van der Waals surface area contributed by atoms with Crippen molar-refractivity contribution in [2.75, 3.05) is 12.8 Å². The third-order valence-corrected chi connectivity index (χ3v) is 5.72. The number of carboxylic acids is 1. The molecule has 0 heterocycles. The fraction of sp³-hybridized carbons (Fsp3) is 0.429. The van der Waals surface area contributed by atoms with Crippen molar-refractivity contribution in [3.63, 3.8) is 0 Å². The molecule has 1 rings (SSSR count). The van der Waals surface area contributed by atoms with Gasteiger partial charge >= 0.3 is 5.97 Å². The summed E-state index contributed by atoms with van der Waals surface area (Å²) in [6.45, 7) is 2.79. The van der Waals surface area contributed by atoms with Crippen LogP contribution in [0.3, 0.4) is 0 Å². The Morgan fingerprint density at radius 2 is 1.73 bits per heavy atom. The molecule has 0 bridgehead atoms. The molecule has 1 aromatic rings. The van der Waals surface area contributed by atoms with Gasteiger partial charge in [0.25, 0.3) is 0 Å². The largest absolute Gasteiger partial charge is 0.480 e. The SMILES string of the molecule is C[C@@H](c1ccc(Cl)cc1)N(C)C(=O)CS(=O)(=O)[C@@H](C)C(=O)O. The number of halogens is 1. The normalized spacial score (nSPS) is 14.2. The third kappa shape index (κ3) is 4.45. The number of nitrogens with zero attached hydrogens (tertiary/aromatic N) is 1. The summed E-state index contributed by atoms with van der Waals surface area (Å²) in [5, 5.41) is 7.71. The first-order chi connectivity index (χ1) is 10.1. The number of sulfone groups is 1. The Kier molecular flexibility index (Phi) is 5.96. The maximum Gasteiger partial charge on any atom is 0.321 e. The summed E-state index contributed by atoms with van der Waals surface area (Å²) in [7, 11) is -2.56. The van der Waals surface area contributed by atoms with Crippen molar-refractivity contribution in [1.82, 2.24) is 4.90 Å². The fourth-order valence-corrected chi connectivity index (χ4v) is 2.96. The predicted molar refractivity (Wildman–Crippen MR) is 83.5 cm³/mol. The van der Waals surface area contributed by atoms with Gasteiger partial charge in [0.1, 0.15) is 5.75 Å². The zero-order valence-electron chi connectivity index (χ0n) is 12.5. The highest BCUT2D eigenvalue weighted by atomic mass is 35.5. The smallest absolute Gasteiger partial charge is 0.321 e. The van der Waals surface area contributed by atoms with E-state index in [4.69, 9.17) is 16.7 Å². The van der Waals surface area contributed by atoms with Crippen LogP contribution in [0, 0.1) is 0 Å². The molecule has 0 aliphatic rings. The van der Waals surface area contributed by atoms with Gasteiger partial charge in [0, 0.05) is 12.1 Å². The van der Waals surface area contributed by atoms with E-state index < -0.39 is 32.7 Å². The van der Waals surface area contributed by atoms with Crippen molar-refractivity contribution >= 4 is 33.3 Å². The minimum Gasteiger partial charge on any atom is -0.480 e. The number of rotatable bonds is 6. The first-order valence-electron chi connectivity index (χ1n) is 6.51. The van der Waals surface area contributed by atoms with Crippen molar-refractivity contribution in [3.05, 3.63) is 34.9 Å². The number of amides is 1. The van der Waals surface area contributed by atoms with Gasteiger partial charge in [-0.1, -0.05) is 23.7 Å². The van der Waals surface area contributed by atoms with Crippen LogP contribution in [0.4, 0.5) is 0 Å². The van der Waals surface area contributed by atoms with Crippen molar-refractivity contribution in [2.24, 2.45) is 0 Å². The maximum absolute atomic E-state index is 12.1. The van der Waals surface area contributed by atoms with Gasteiger partial charge in [0.05, 0.1) is 6.04 Å². The van der Waals surface area contributed by atoms with Crippen molar-refractivity contribution in [1.29, 1.82) is 0 Å². The van der Waals surface area contributed by atoms with Gasteiger partial charge in [0.2, 0.25) is 5.91 Å². The minimum absolute atomic E-state index is 0.361. The van der Waals surface area contributed by atoms with Gasteiger partial charge < -0.3 is 10.0 Å². The molecular formula is C14H18ClNO5S. The van der Waals surface area contributed by atoms with Gasteiger partial charge in [-0.05, 0) is 31.5 Å². The number of hydrogen-bond acceptors (Lipinski definition) is 4. The van der Waals surface area contributed by atoms with Crippen molar-refractivity contribution in [2.45, 2.75) is 25.1 Å². The minimum atomic E-state index is -4.04. The second-order valence-corrected chi connectivity index (χ2v) is 7.78. The predicted octanol–water partition coefficient (Wildman–Crippen LogP) is 1.75. The lowest BCUT2D eigenvalue weighted by Crippen LogP contribution is -2.39. The van der Waals surface area contributed by atoms with Gasteiger partial charge in [-0.3, -0.25) is 9.59 Å². The monoisotopic (exact) mass is 347 g/mol. The molecule has 122 valence electrons. The average molecular weight is 348 g/mol. The zero-order valence-corrected chi connectivity index (χ0v) is 14.1. The van der Waals surface area contributed by atoms with Gasteiger partial charge in [0.15, 0.2) is 15.1 Å². The van der Waals surface area contributed by atoms with Crippen LogP contribution < -0.4 is 0 Å². The lowest BCUT2D eigenvalue weighted by Gasteiger charge is -2.25. The standard InChI is InChI=1S/C14H18ClNO5S/c1-9(11-4-6-12(15)7-5-11)16(3)13(17)8-22(20,21)10(2)14(18)19/h4-7,9-10H,8H2,1-3H3,(H,18,19)/t9-,10-/m0/s1. The highest BCUT2D eigenvalue weighted by molar-refractivity contribution is 7.93. The van der Waals surface area contributed by atoms with E-state index in [1.54, 1.807) is 31.2 Å². The van der Waals surface area contributed by atoms with Crippen LogP contribution in [0.25, 0.3) is 0 Å². The first kappa shape index (κ1) is 18.4. The van der Waals surface area contributed by atoms with E-state index in [0.717, 1.165) is 12.5 Å². The summed E-state index contributed by atoms with van der Waals surface area (Å²) in [6.07, 6.45) is 0. The quantitative estimate of drug-likeness (QED) is 0.846. The molecule has 0 saturated carbocycles. The van der Waals surface area contributed by atoms with E-state index in [0.29, 0.717) is 5.02 Å². The van der Waals surface area contributed by atoms with E-state index in [1.165, 1.54) is 11.9 Å². The van der Waals surface area contributed by atoms with Crippen LogP contribution in [-0.4, -0.2) is 48.4 Å². The summed E-state index contributed by atoms with van der Waals surface area (Å²) in [5.74, 6) is -2.97. The molecule has 6 nitrogen and oxygen atoms in total. The van der Waals surface area contributed by atoms with Crippen molar-refractivity contribution < 1.29 is 23.1 Å². The van der Waals surface area contributed by atoms with Crippen LogP contribution in [0.1, 0.15) is 25.5 Å². The summed E-state index contributed by atoms with van der Waals surface area (Å²) >= 11 is 5.79. The summed E-state index contributed by atoms with van der Waals surface area (Å²) < 4.78 is 23.7. The Bertz CT molecular complexity index is 656. The van der Waals surface area contributed by atoms with E-state index in [1.807, 2.05) is 0 Å². The summed E-state index contributed by atoms with van der Waals surface area (Å²) in [4.78, 5) is 24.1.